The number of hydrogen-bond donors (Lipinski definition) is 2. The van der Waals surface area contributed by atoms with Crippen LogP contribution in [0.5, 0.6) is 5.75 Å². The fraction of sp³-hybridized carbons (Fsp3) is 0.412. The van der Waals surface area contributed by atoms with E-state index in [1.165, 1.54) is 16.8 Å². The van der Waals surface area contributed by atoms with E-state index in [9.17, 15) is 0 Å². The van der Waals surface area contributed by atoms with Crippen LogP contribution in [0.15, 0.2) is 24.7 Å². The van der Waals surface area contributed by atoms with E-state index in [1.807, 2.05) is 19.3 Å². The predicted molar refractivity (Wildman–Crippen MR) is 87.3 cm³/mol. The van der Waals surface area contributed by atoms with Crippen LogP contribution in [0.2, 0.25) is 0 Å². The van der Waals surface area contributed by atoms with Gasteiger partial charge in [-0.2, -0.15) is 0 Å². The van der Waals surface area contributed by atoms with Crippen molar-refractivity contribution in [2.75, 3.05) is 25.0 Å². The van der Waals surface area contributed by atoms with Crippen molar-refractivity contribution < 1.29 is 4.74 Å². The van der Waals surface area contributed by atoms with Gasteiger partial charge in [0.1, 0.15) is 6.61 Å². The summed E-state index contributed by atoms with van der Waals surface area (Å²) in [6.45, 7) is 7.86. The summed E-state index contributed by atoms with van der Waals surface area (Å²) >= 11 is 0. The first-order chi connectivity index (χ1) is 10.8. The first-order valence-electron chi connectivity index (χ1n) is 7.71. The van der Waals surface area contributed by atoms with Gasteiger partial charge in [-0.05, 0) is 36.6 Å². The molecule has 2 N–H and O–H groups in total. The summed E-state index contributed by atoms with van der Waals surface area (Å²) in [6, 6.07) is 2.08. The summed E-state index contributed by atoms with van der Waals surface area (Å²) in [5.41, 5.74) is 6.28. The minimum Gasteiger partial charge on any atom is -0.488 e. The molecule has 0 fully saturated rings. The van der Waals surface area contributed by atoms with Crippen molar-refractivity contribution in [3.63, 3.8) is 0 Å². The molecule has 4 heterocycles. The van der Waals surface area contributed by atoms with Gasteiger partial charge in [-0.15, -0.1) is 0 Å². The highest BCUT2D eigenvalue weighted by atomic mass is 16.5. The Labute approximate surface area is 131 Å². The Morgan fingerprint density at radius 1 is 1.14 bits per heavy atom. The number of hydrogen-bond acceptors (Lipinski definition) is 5. The Morgan fingerprint density at radius 3 is 2.86 bits per heavy atom. The highest BCUT2D eigenvalue weighted by Gasteiger charge is 2.11. The molecule has 4 rings (SSSR count). The van der Waals surface area contributed by atoms with Gasteiger partial charge in [-0.25, -0.2) is 0 Å². The molecule has 0 spiro atoms. The van der Waals surface area contributed by atoms with Gasteiger partial charge in [0.15, 0.2) is 5.75 Å². The Kier molecular flexibility index (Phi) is 4.53. The third-order valence-corrected chi connectivity index (χ3v) is 3.98. The van der Waals surface area contributed by atoms with Crippen LogP contribution in [0.1, 0.15) is 22.4 Å². The number of anilines is 1. The molecule has 0 atom stereocenters. The summed E-state index contributed by atoms with van der Waals surface area (Å²) in [5, 5.41) is 6.61. The van der Waals surface area contributed by atoms with Gasteiger partial charge < -0.3 is 15.4 Å². The van der Waals surface area contributed by atoms with E-state index in [0.717, 1.165) is 49.7 Å². The lowest BCUT2D eigenvalue weighted by Gasteiger charge is -2.19. The lowest BCUT2D eigenvalue weighted by molar-refractivity contribution is 0.321. The highest BCUT2D eigenvalue weighted by molar-refractivity contribution is 5.61. The zero-order valence-corrected chi connectivity index (χ0v) is 13.1. The maximum Gasteiger partial charge on any atom is 0.161 e. The summed E-state index contributed by atoms with van der Waals surface area (Å²) < 4.78 is 5.38. The monoisotopic (exact) mass is 298 g/mol. The Bertz CT molecular complexity index is 600. The van der Waals surface area contributed by atoms with E-state index in [4.69, 9.17) is 4.74 Å². The Hall–Kier alpha value is -2.14. The van der Waals surface area contributed by atoms with E-state index in [0.29, 0.717) is 0 Å². The second-order valence-electron chi connectivity index (χ2n) is 5.58. The van der Waals surface area contributed by atoms with Gasteiger partial charge in [-0.3, -0.25) is 9.97 Å². The van der Waals surface area contributed by atoms with Crippen molar-refractivity contribution in [2.24, 2.45) is 0 Å². The Balaban J connectivity index is 0.000000131. The van der Waals surface area contributed by atoms with Crippen molar-refractivity contribution in [1.82, 2.24) is 15.3 Å². The lowest BCUT2D eigenvalue weighted by Crippen LogP contribution is -2.25. The fourth-order valence-corrected chi connectivity index (χ4v) is 2.74. The van der Waals surface area contributed by atoms with Crippen molar-refractivity contribution in [3.05, 3.63) is 47.0 Å². The predicted octanol–water partition coefficient (Wildman–Crippen LogP) is 2.23. The summed E-state index contributed by atoms with van der Waals surface area (Å²) in [6.07, 6.45) is 6.56. The van der Waals surface area contributed by atoms with E-state index < -0.39 is 0 Å². The molecule has 5 heteroatoms. The van der Waals surface area contributed by atoms with E-state index in [2.05, 4.69) is 33.6 Å². The van der Waals surface area contributed by atoms with Crippen LogP contribution in [-0.4, -0.2) is 29.7 Å². The van der Waals surface area contributed by atoms with Crippen LogP contribution < -0.4 is 15.4 Å². The number of nitrogens with zero attached hydrogens (tertiary/aromatic N) is 2. The quantitative estimate of drug-likeness (QED) is 0.781. The van der Waals surface area contributed by atoms with Gasteiger partial charge >= 0.3 is 0 Å². The van der Waals surface area contributed by atoms with Crippen molar-refractivity contribution >= 4 is 5.69 Å². The first-order valence-corrected chi connectivity index (χ1v) is 7.71. The molecule has 0 saturated heterocycles. The number of aryl methyl sites for hydroxylation is 2. The molecule has 2 aromatic rings. The summed E-state index contributed by atoms with van der Waals surface area (Å²) in [5.74, 6) is 0.872. The second kappa shape index (κ2) is 6.75. The van der Waals surface area contributed by atoms with Crippen molar-refractivity contribution in [3.8, 4) is 5.75 Å². The van der Waals surface area contributed by atoms with Gasteiger partial charge in [0.05, 0.1) is 11.9 Å². The number of aromatic nitrogens is 2. The average Bonchev–Trinajstić information content (AvgIpc) is 2.57. The second-order valence-corrected chi connectivity index (χ2v) is 5.58. The third kappa shape index (κ3) is 3.20. The molecule has 0 aromatic carbocycles. The topological polar surface area (TPSA) is 59.1 Å². The normalized spacial score (nSPS) is 15.4. The molecular weight excluding hydrogens is 276 g/mol. The molecule has 0 bridgehead atoms. The minimum absolute atomic E-state index is 0.734. The molecule has 2 aliphatic heterocycles. The highest BCUT2D eigenvalue weighted by Crippen LogP contribution is 2.28. The van der Waals surface area contributed by atoms with E-state index in [1.54, 1.807) is 6.20 Å². The molecule has 5 nitrogen and oxygen atoms in total. The van der Waals surface area contributed by atoms with Crippen molar-refractivity contribution in [1.29, 1.82) is 0 Å². The molecule has 22 heavy (non-hydrogen) atoms. The lowest BCUT2D eigenvalue weighted by atomic mass is 10.0. The third-order valence-electron chi connectivity index (χ3n) is 3.98. The SMILES string of the molecule is Cc1ccnc2c1CNCC2.Cc1cncc2c1NCCO2. The molecule has 0 unspecified atom stereocenters. The number of nitrogens with one attached hydrogen (secondary N) is 2. The van der Waals surface area contributed by atoms with Gasteiger partial charge in [0, 0.05) is 44.1 Å². The van der Waals surface area contributed by atoms with Crippen LogP contribution >= 0.6 is 0 Å². The van der Waals surface area contributed by atoms with Gasteiger partial charge in [0.25, 0.3) is 0 Å². The van der Waals surface area contributed by atoms with E-state index in [-0.39, 0.29) is 0 Å². The zero-order chi connectivity index (χ0) is 15.4. The number of fused-ring (bicyclic) bond motifs is 2. The van der Waals surface area contributed by atoms with Gasteiger partial charge in [-0.1, -0.05) is 0 Å². The largest absolute Gasteiger partial charge is 0.488 e. The van der Waals surface area contributed by atoms with Gasteiger partial charge in [0.2, 0.25) is 0 Å². The van der Waals surface area contributed by atoms with Crippen LogP contribution in [0.4, 0.5) is 5.69 Å². The van der Waals surface area contributed by atoms with Crippen LogP contribution in [0, 0.1) is 13.8 Å². The van der Waals surface area contributed by atoms with Crippen LogP contribution in [0.25, 0.3) is 0 Å². The molecule has 0 radical (unpaired) electrons. The molecule has 2 aromatic heterocycles. The van der Waals surface area contributed by atoms with Crippen molar-refractivity contribution in [2.45, 2.75) is 26.8 Å². The minimum atomic E-state index is 0.734. The van der Waals surface area contributed by atoms with E-state index >= 15 is 0 Å². The number of ether oxygens (including phenoxy) is 1. The van der Waals surface area contributed by atoms with Crippen LogP contribution in [-0.2, 0) is 13.0 Å². The average molecular weight is 298 g/mol. The molecule has 0 saturated carbocycles. The first kappa shape index (κ1) is 14.8. The number of pyridine rings is 2. The fourth-order valence-electron chi connectivity index (χ4n) is 2.74. The Morgan fingerprint density at radius 2 is 2.05 bits per heavy atom. The molecule has 2 aliphatic rings. The summed E-state index contributed by atoms with van der Waals surface area (Å²) in [4.78, 5) is 8.37. The maximum absolute atomic E-state index is 5.38. The molecular formula is C17H22N4O. The number of rotatable bonds is 0. The molecule has 0 amide bonds. The standard InChI is InChI=1S/C9H12N2.C8H10N2O/c1-7-2-5-11-9-3-4-10-6-8(7)9;1-6-4-9-5-7-8(6)10-2-3-11-7/h2,5,10H,3-4,6H2,1H3;4-5,10H,2-3H2,1H3. The summed E-state index contributed by atoms with van der Waals surface area (Å²) in [7, 11) is 0. The zero-order valence-electron chi connectivity index (χ0n) is 13.1. The van der Waals surface area contributed by atoms with Crippen LogP contribution in [0.3, 0.4) is 0 Å². The molecule has 0 aliphatic carbocycles. The molecule has 116 valence electrons. The maximum atomic E-state index is 5.38. The smallest absolute Gasteiger partial charge is 0.161 e.